The minimum Gasteiger partial charge on any atom is -0.313 e. The first-order chi connectivity index (χ1) is 6.33. The molecule has 0 aromatic carbocycles. The van der Waals surface area contributed by atoms with Gasteiger partial charge in [0.05, 0.1) is 6.61 Å². The van der Waals surface area contributed by atoms with E-state index in [1.165, 1.54) is 0 Å². The van der Waals surface area contributed by atoms with E-state index in [9.17, 15) is 13.2 Å². The van der Waals surface area contributed by atoms with Gasteiger partial charge in [0.15, 0.2) is 0 Å². The molecular formula is C8H17F3N2O. The van der Waals surface area contributed by atoms with Crippen molar-refractivity contribution in [3.8, 4) is 0 Å². The van der Waals surface area contributed by atoms with Gasteiger partial charge in [-0.3, -0.25) is 4.74 Å². The topological polar surface area (TPSA) is 24.5 Å². The van der Waals surface area contributed by atoms with Crippen LogP contribution in [-0.4, -0.2) is 51.1 Å². The lowest BCUT2D eigenvalue weighted by Crippen LogP contribution is -2.37. The third-order valence-corrected chi connectivity index (χ3v) is 1.87. The molecule has 0 saturated carbocycles. The van der Waals surface area contributed by atoms with E-state index < -0.39 is 6.36 Å². The zero-order valence-corrected chi connectivity index (χ0v) is 8.69. The normalized spacial score (nSPS) is 14.8. The molecule has 0 amide bonds. The van der Waals surface area contributed by atoms with Gasteiger partial charge in [0.25, 0.3) is 0 Å². The molecule has 0 aromatic rings. The first-order valence-corrected chi connectivity index (χ1v) is 4.41. The largest absolute Gasteiger partial charge is 0.522 e. The maximum Gasteiger partial charge on any atom is 0.522 e. The van der Waals surface area contributed by atoms with Gasteiger partial charge in [-0.05, 0) is 21.0 Å². The Morgan fingerprint density at radius 2 is 1.93 bits per heavy atom. The number of likely N-dealkylation sites (N-methyl/N-ethyl adjacent to an activating group) is 1. The summed E-state index contributed by atoms with van der Waals surface area (Å²) in [6.45, 7) is 2.49. The molecule has 1 atom stereocenters. The quantitative estimate of drug-likeness (QED) is 0.669. The summed E-state index contributed by atoms with van der Waals surface area (Å²) in [5, 5.41) is 2.87. The fourth-order valence-corrected chi connectivity index (χ4v) is 0.732. The molecule has 3 nitrogen and oxygen atoms in total. The van der Waals surface area contributed by atoms with Crippen molar-refractivity contribution in [2.24, 2.45) is 0 Å². The summed E-state index contributed by atoms with van der Waals surface area (Å²) in [4.78, 5) is 1.98. The summed E-state index contributed by atoms with van der Waals surface area (Å²) in [6, 6.07) is 0.292. The van der Waals surface area contributed by atoms with Crippen LogP contribution in [-0.2, 0) is 4.74 Å². The second-order valence-electron chi connectivity index (χ2n) is 3.31. The maximum absolute atomic E-state index is 11.5. The molecule has 0 radical (unpaired) electrons. The van der Waals surface area contributed by atoms with Crippen molar-refractivity contribution in [3.63, 3.8) is 0 Å². The molecule has 0 aliphatic rings. The van der Waals surface area contributed by atoms with Crippen molar-refractivity contribution >= 4 is 0 Å². The molecule has 0 saturated heterocycles. The van der Waals surface area contributed by atoms with E-state index in [2.05, 4.69) is 10.1 Å². The molecule has 6 heteroatoms. The van der Waals surface area contributed by atoms with Crippen molar-refractivity contribution in [2.75, 3.05) is 33.8 Å². The maximum atomic E-state index is 11.5. The van der Waals surface area contributed by atoms with Crippen molar-refractivity contribution < 1.29 is 17.9 Å². The summed E-state index contributed by atoms with van der Waals surface area (Å²) in [5.41, 5.74) is 0. The van der Waals surface area contributed by atoms with Crippen LogP contribution < -0.4 is 5.32 Å². The first kappa shape index (κ1) is 13.7. The highest BCUT2D eigenvalue weighted by Crippen LogP contribution is 2.14. The Morgan fingerprint density at radius 1 is 1.36 bits per heavy atom. The van der Waals surface area contributed by atoms with Gasteiger partial charge < -0.3 is 10.2 Å². The number of hydrogen-bond donors (Lipinski definition) is 1. The molecule has 86 valence electrons. The van der Waals surface area contributed by atoms with Crippen LogP contribution >= 0.6 is 0 Å². The molecule has 0 spiro atoms. The van der Waals surface area contributed by atoms with Gasteiger partial charge in [-0.1, -0.05) is 0 Å². The van der Waals surface area contributed by atoms with Crippen LogP contribution in [0, 0.1) is 0 Å². The molecule has 0 bridgehead atoms. The molecule has 0 fully saturated rings. The lowest BCUT2D eigenvalue weighted by molar-refractivity contribution is -0.323. The summed E-state index contributed by atoms with van der Waals surface area (Å²) < 4.78 is 38.1. The number of halogens is 3. The Morgan fingerprint density at radius 3 is 2.36 bits per heavy atom. The van der Waals surface area contributed by atoms with Gasteiger partial charge in [0.1, 0.15) is 0 Å². The van der Waals surface area contributed by atoms with Gasteiger partial charge in [0, 0.05) is 19.1 Å². The lowest BCUT2D eigenvalue weighted by Gasteiger charge is -2.20. The predicted octanol–water partition coefficient (Wildman–Crippen LogP) is 1.06. The number of nitrogens with zero attached hydrogens (tertiary/aromatic N) is 1. The van der Waals surface area contributed by atoms with Crippen LogP contribution in [0.15, 0.2) is 0 Å². The Labute approximate surface area is 82.2 Å². The molecule has 0 aromatic heterocycles. The number of nitrogens with one attached hydrogen (secondary N) is 1. The van der Waals surface area contributed by atoms with E-state index >= 15 is 0 Å². The fourth-order valence-electron chi connectivity index (χ4n) is 0.732. The van der Waals surface area contributed by atoms with E-state index in [1.807, 2.05) is 25.9 Å². The van der Waals surface area contributed by atoms with Crippen molar-refractivity contribution in [1.82, 2.24) is 10.2 Å². The molecule has 1 unspecified atom stereocenters. The molecule has 0 aliphatic heterocycles. The highest BCUT2D eigenvalue weighted by molar-refractivity contribution is 4.62. The number of hydrogen-bond acceptors (Lipinski definition) is 3. The second-order valence-corrected chi connectivity index (χ2v) is 3.31. The third kappa shape index (κ3) is 8.28. The summed E-state index contributed by atoms with van der Waals surface area (Å²) >= 11 is 0. The Bertz CT molecular complexity index is 150. The molecule has 0 heterocycles. The number of ether oxygens (including phenoxy) is 1. The Hall–Kier alpha value is -0.330. The average Bonchev–Trinajstić information content (AvgIpc) is 2.01. The van der Waals surface area contributed by atoms with Gasteiger partial charge >= 0.3 is 6.36 Å². The van der Waals surface area contributed by atoms with E-state index in [4.69, 9.17) is 0 Å². The van der Waals surface area contributed by atoms with Gasteiger partial charge in [-0.15, -0.1) is 13.2 Å². The smallest absolute Gasteiger partial charge is 0.313 e. The van der Waals surface area contributed by atoms with E-state index in [0.29, 0.717) is 12.6 Å². The van der Waals surface area contributed by atoms with Gasteiger partial charge in [0.2, 0.25) is 0 Å². The minimum absolute atomic E-state index is 0.206. The lowest BCUT2D eigenvalue weighted by atomic mass is 10.3. The predicted molar refractivity (Wildman–Crippen MR) is 48.0 cm³/mol. The Kier molecular flexibility index (Phi) is 6.06. The SMILES string of the molecule is CC(CNCCOC(F)(F)F)N(C)C. The van der Waals surface area contributed by atoms with Crippen LogP contribution in [0.5, 0.6) is 0 Å². The standard InChI is InChI=1S/C8H17F3N2O/c1-7(13(2)3)6-12-4-5-14-8(9,10)11/h7,12H,4-6H2,1-3H3. The van der Waals surface area contributed by atoms with Crippen molar-refractivity contribution in [2.45, 2.75) is 19.3 Å². The highest BCUT2D eigenvalue weighted by Gasteiger charge is 2.28. The number of rotatable bonds is 6. The van der Waals surface area contributed by atoms with Crippen LogP contribution in [0.1, 0.15) is 6.92 Å². The minimum atomic E-state index is -4.52. The molecule has 1 N–H and O–H groups in total. The van der Waals surface area contributed by atoms with E-state index in [0.717, 1.165) is 0 Å². The Balaban J connectivity index is 3.30. The molecule has 0 rings (SSSR count). The van der Waals surface area contributed by atoms with E-state index in [1.54, 1.807) is 0 Å². The van der Waals surface area contributed by atoms with Crippen LogP contribution in [0.3, 0.4) is 0 Å². The summed E-state index contributed by atoms with van der Waals surface area (Å²) in [7, 11) is 3.83. The monoisotopic (exact) mass is 214 g/mol. The summed E-state index contributed by atoms with van der Waals surface area (Å²) in [6.07, 6.45) is -4.52. The van der Waals surface area contributed by atoms with Crippen LogP contribution in [0.25, 0.3) is 0 Å². The van der Waals surface area contributed by atoms with Crippen molar-refractivity contribution in [1.29, 1.82) is 0 Å². The molecule has 14 heavy (non-hydrogen) atoms. The van der Waals surface area contributed by atoms with Crippen LogP contribution in [0.2, 0.25) is 0 Å². The van der Waals surface area contributed by atoms with Crippen LogP contribution in [0.4, 0.5) is 13.2 Å². The number of alkyl halides is 3. The fraction of sp³-hybridized carbons (Fsp3) is 1.00. The first-order valence-electron chi connectivity index (χ1n) is 4.41. The molecular weight excluding hydrogens is 197 g/mol. The summed E-state index contributed by atoms with van der Waals surface area (Å²) in [5.74, 6) is 0. The second kappa shape index (κ2) is 6.21. The van der Waals surface area contributed by atoms with Gasteiger partial charge in [-0.2, -0.15) is 0 Å². The zero-order valence-electron chi connectivity index (χ0n) is 8.69. The molecule has 0 aliphatic carbocycles. The van der Waals surface area contributed by atoms with Crippen molar-refractivity contribution in [3.05, 3.63) is 0 Å². The highest BCUT2D eigenvalue weighted by atomic mass is 19.4. The zero-order chi connectivity index (χ0) is 11.2. The average molecular weight is 214 g/mol. The third-order valence-electron chi connectivity index (χ3n) is 1.87. The van der Waals surface area contributed by atoms with E-state index in [-0.39, 0.29) is 13.2 Å². The van der Waals surface area contributed by atoms with Gasteiger partial charge in [-0.25, -0.2) is 0 Å².